The normalized spacial score (nSPS) is 14.3. The molecule has 2 heterocycles. The van der Waals surface area contributed by atoms with Crippen molar-refractivity contribution in [3.63, 3.8) is 0 Å². The van der Waals surface area contributed by atoms with E-state index >= 15 is 4.39 Å². The number of carbonyl (C=O) groups excluding carboxylic acids is 1. The van der Waals surface area contributed by atoms with Gasteiger partial charge < -0.3 is 14.5 Å². The van der Waals surface area contributed by atoms with Crippen LogP contribution in [0.25, 0.3) is 11.1 Å². The van der Waals surface area contributed by atoms with Crippen LogP contribution in [-0.2, 0) is 19.8 Å². The Kier molecular flexibility index (Phi) is 7.07. The van der Waals surface area contributed by atoms with Crippen LogP contribution in [0.5, 0.6) is 0 Å². The third kappa shape index (κ3) is 5.54. The Morgan fingerprint density at radius 2 is 1.85 bits per heavy atom. The Morgan fingerprint density at radius 3 is 2.48 bits per heavy atom. The van der Waals surface area contributed by atoms with Gasteiger partial charge in [-0.15, -0.1) is 0 Å². The summed E-state index contributed by atoms with van der Waals surface area (Å²) in [6, 6.07) is 7.60. The Hall–Kier alpha value is -4.28. The number of hydrogen-bond donors (Lipinski definition) is 2. The minimum Gasteiger partial charge on any atom is -0.343 e. The van der Waals surface area contributed by atoms with Gasteiger partial charge in [0, 0.05) is 31.2 Å². The third-order valence-electron chi connectivity index (χ3n) is 7.02. The molecule has 1 aliphatic rings. The molecule has 1 unspecified atom stereocenters. The van der Waals surface area contributed by atoms with E-state index in [9.17, 15) is 22.4 Å². The van der Waals surface area contributed by atoms with E-state index in [-0.39, 0.29) is 18.1 Å². The monoisotopic (exact) mass is 555 g/mol. The van der Waals surface area contributed by atoms with Crippen LogP contribution in [0.15, 0.2) is 61.1 Å². The third-order valence-corrected chi connectivity index (χ3v) is 7.02. The highest BCUT2D eigenvalue weighted by Gasteiger charge is 2.37. The molecule has 1 atom stereocenters. The molecule has 6 nitrogen and oxygen atoms in total. The molecule has 2 N–H and O–H groups in total. The first-order valence-electron chi connectivity index (χ1n) is 12.6. The van der Waals surface area contributed by atoms with E-state index in [2.05, 4.69) is 10.3 Å². The Balaban J connectivity index is 1.62. The highest BCUT2D eigenvalue weighted by molar-refractivity contribution is 5.96. The first-order chi connectivity index (χ1) is 18.9. The molecule has 0 aliphatic heterocycles. The zero-order valence-electron chi connectivity index (χ0n) is 21.7. The van der Waals surface area contributed by atoms with Crippen molar-refractivity contribution in [2.24, 2.45) is 13.0 Å². The number of amides is 1. The van der Waals surface area contributed by atoms with E-state index in [1.807, 2.05) is 19.1 Å². The number of carbonyl (C=O) groups is 1. The maximum absolute atomic E-state index is 16.0. The van der Waals surface area contributed by atoms with Gasteiger partial charge in [-0.25, -0.2) is 8.78 Å². The molecule has 1 saturated carbocycles. The Labute approximate surface area is 226 Å². The standard InChI is InChI=1S/C29H26F5N5O/c1-16-7-8-36-24(11-16)26(18-3-4-18)37-27(40)22-13-17(15-39-10-9-38(2)28(39)35)12-21(25(22)31)20-6-5-19(30)14-23(20)29(32,33)34/h5-14,18,26,35H,3-4,15H2,1-2H3,(H,37,40). The van der Waals surface area contributed by atoms with Crippen molar-refractivity contribution in [2.75, 3.05) is 0 Å². The maximum Gasteiger partial charge on any atom is 0.417 e. The van der Waals surface area contributed by atoms with Gasteiger partial charge in [0.05, 0.1) is 29.4 Å². The summed E-state index contributed by atoms with van der Waals surface area (Å²) in [4.78, 5) is 17.9. The van der Waals surface area contributed by atoms with Gasteiger partial charge >= 0.3 is 6.18 Å². The van der Waals surface area contributed by atoms with E-state index in [0.717, 1.165) is 30.5 Å². The molecular weight excluding hydrogens is 529 g/mol. The van der Waals surface area contributed by atoms with Crippen molar-refractivity contribution in [1.29, 1.82) is 5.41 Å². The number of pyridine rings is 1. The highest BCUT2D eigenvalue weighted by Crippen LogP contribution is 2.42. The maximum atomic E-state index is 16.0. The minimum absolute atomic E-state index is 0.0126. The molecule has 40 heavy (non-hydrogen) atoms. The van der Waals surface area contributed by atoms with Crippen LogP contribution in [0.4, 0.5) is 22.0 Å². The van der Waals surface area contributed by atoms with Gasteiger partial charge in [-0.3, -0.25) is 15.2 Å². The van der Waals surface area contributed by atoms with Gasteiger partial charge in [-0.2, -0.15) is 13.2 Å². The van der Waals surface area contributed by atoms with Crippen LogP contribution in [-0.4, -0.2) is 20.0 Å². The number of halogens is 5. The average molecular weight is 556 g/mol. The lowest BCUT2D eigenvalue weighted by molar-refractivity contribution is -0.137. The van der Waals surface area contributed by atoms with E-state index in [4.69, 9.17) is 5.41 Å². The molecule has 0 spiro atoms. The average Bonchev–Trinajstić information content (AvgIpc) is 3.69. The summed E-state index contributed by atoms with van der Waals surface area (Å²) in [6.45, 7) is 1.87. The molecule has 5 rings (SSSR count). The fourth-order valence-corrected chi connectivity index (χ4v) is 4.78. The predicted molar refractivity (Wildman–Crippen MR) is 137 cm³/mol. The van der Waals surface area contributed by atoms with Crippen molar-refractivity contribution in [3.8, 4) is 11.1 Å². The number of rotatable bonds is 7. The molecule has 2 aromatic heterocycles. The van der Waals surface area contributed by atoms with Crippen molar-refractivity contribution in [3.05, 3.63) is 106 Å². The van der Waals surface area contributed by atoms with Crippen LogP contribution in [0, 0.1) is 29.9 Å². The van der Waals surface area contributed by atoms with Gasteiger partial charge in [0.25, 0.3) is 5.91 Å². The summed E-state index contributed by atoms with van der Waals surface area (Å²) in [5.74, 6) is -2.99. The second-order valence-electron chi connectivity index (χ2n) is 10.1. The molecule has 2 aromatic carbocycles. The number of alkyl halides is 3. The van der Waals surface area contributed by atoms with Crippen molar-refractivity contribution >= 4 is 5.91 Å². The summed E-state index contributed by atoms with van der Waals surface area (Å²) in [7, 11) is 1.65. The van der Waals surface area contributed by atoms with Gasteiger partial charge in [-0.05, 0) is 78.8 Å². The van der Waals surface area contributed by atoms with Crippen molar-refractivity contribution < 1.29 is 26.7 Å². The Bertz CT molecular complexity index is 1650. The molecule has 4 aromatic rings. The summed E-state index contributed by atoms with van der Waals surface area (Å²) in [5.41, 5.74) is -0.962. The predicted octanol–water partition coefficient (Wildman–Crippen LogP) is 5.90. The number of hydrogen-bond acceptors (Lipinski definition) is 3. The number of nitrogens with zero attached hydrogens (tertiary/aromatic N) is 3. The van der Waals surface area contributed by atoms with Gasteiger partial charge in [0.2, 0.25) is 5.62 Å². The summed E-state index contributed by atoms with van der Waals surface area (Å²) >= 11 is 0. The van der Waals surface area contributed by atoms with Gasteiger partial charge in [-0.1, -0.05) is 6.07 Å². The molecular formula is C29H26F5N5O. The summed E-state index contributed by atoms with van der Waals surface area (Å²) < 4.78 is 74.6. The lowest BCUT2D eigenvalue weighted by Crippen LogP contribution is -2.31. The minimum atomic E-state index is -4.97. The SMILES string of the molecule is Cc1ccnc(C(NC(=O)c2cc(Cn3ccn(C)c3=N)cc(-c3ccc(F)cc3C(F)(F)F)c2F)C2CC2)c1. The lowest BCUT2D eigenvalue weighted by Gasteiger charge is -2.20. The largest absolute Gasteiger partial charge is 0.417 e. The summed E-state index contributed by atoms with van der Waals surface area (Å²) in [6.07, 6.45) is 1.55. The first-order valence-corrected chi connectivity index (χ1v) is 12.6. The quantitative estimate of drug-likeness (QED) is 0.279. The fraction of sp³-hybridized carbons (Fsp3) is 0.276. The zero-order chi connectivity index (χ0) is 28.8. The molecule has 1 amide bonds. The highest BCUT2D eigenvalue weighted by atomic mass is 19.4. The molecule has 1 fully saturated rings. The number of aryl methyl sites for hydroxylation is 2. The Morgan fingerprint density at radius 1 is 1.10 bits per heavy atom. The smallest absolute Gasteiger partial charge is 0.343 e. The van der Waals surface area contributed by atoms with Crippen molar-refractivity contribution in [2.45, 2.75) is 38.5 Å². The van der Waals surface area contributed by atoms with Gasteiger partial charge in [0.1, 0.15) is 11.6 Å². The molecule has 0 radical (unpaired) electrons. The molecule has 208 valence electrons. The van der Waals surface area contributed by atoms with E-state index in [1.165, 1.54) is 21.3 Å². The number of aromatic nitrogens is 3. The lowest BCUT2D eigenvalue weighted by atomic mass is 9.94. The number of imidazole rings is 1. The van der Waals surface area contributed by atoms with Crippen LogP contribution < -0.4 is 10.9 Å². The van der Waals surface area contributed by atoms with E-state index in [1.54, 1.807) is 25.6 Å². The van der Waals surface area contributed by atoms with Crippen molar-refractivity contribution in [1.82, 2.24) is 19.4 Å². The number of benzene rings is 2. The molecule has 11 heteroatoms. The zero-order valence-corrected chi connectivity index (χ0v) is 21.7. The van der Waals surface area contributed by atoms with E-state index < -0.39 is 52.0 Å². The second-order valence-corrected chi connectivity index (χ2v) is 10.1. The number of nitrogens with one attached hydrogen (secondary N) is 2. The molecule has 1 aliphatic carbocycles. The second kappa shape index (κ2) is 10.4. The van der Waals surface area contributed by atoms with Crippen LogP contribution in [0.1, 0.15) is 51.6 Å². The van der Waals surface area contributed by atoms with Crippen LogP contribution >= 0.6 is 0 Å². The molecule has 0 bridgehead atoms. The first kappa shape index (κ1) is 27.3. The van der Waals surface area contributed by atoms with E-state index in [0.29, 0.717) is 17.3 Å². The summed E-state index contributed by atoms with van der Waals surface area (Å²) in [5, 5.41) is 11.0. The van der Waals surface area contributed by atoms with Crippen LogP contribution in [0.2, 0.25) is 0 Å². The fourth-order valence-electron chi connectivity index (χ4n) is 4.78. The van der Waals surface area contributed by atoms with Crippen LogP contribution in [0.3, 0.4) is 0 Å². The molecule has 0 saturated heterocycles. The van der Waals surface area contributed by atoms with Gasteiger partial charge in [0.15, 0.2) is 0 Å². The topological polar surface area (TPSA) is 75.7 Å².